The highest BCUT2D eigenvalue weighted by atomic mass is 32.1. The number of nitrogens with zero attached hydrogens (tertiary/aromatic N) is 1. The van der Waals surface area contributed by atoms with Crippen LogP contribution in [0.1, 0.15) is 21.8 Å². The Hall–Kier alpha value is -2.80. The van der Waals surface area contributed by atoms with E-state index in [1.165, 1.54) is 7.11 Å². The molecule has 2 heterocycles. The number of benzene rings is 1. The fourth-order valence-corrected chi connectivity index (χ4v) is 3.19. The minimum absolute atomic E-state index is 0.175. The third-order valence-electron chi connectivity index (χ3n) is 3.92. The van der Waals surface area contributed by atoms with Crippen LogP contribution >= 0.6 is 11.3 Å². The van der Waals surface area contributed by atoms with E-state index in [2.05, 4.69) is 10.3 Å². The van der Waals surface area contributed by atoms with Crippen molar-refractivity contribution in [2.24, 2.45) is 0 Å². The van der Waals surface area contributed by atoms with Crippen molar-refractivity contribution in [1.82, 2.24) is 10.3 Å². The van der Waals surface area contributed by atoms with Crippen LogP contribution in [0, 0.1) is 6.92 Å². The maximum atomic E-state index is 12.3. The average Bonchev–Trinajstić information content (AvgIpc) is 3.31. The van der Waals surface area contributed by atoms with E-state index in [9.17, 15) is 4.79 Å². The zero-order chi connectivity index (χ0) is 18.5. The number of amides is 1. The second-order valence-corrected chi connectivity index (χ2v) is 6.52. The molecule has 3 rings (SSSR count). The van der Waals surface area contributed by atoms with Crippen molar-refractivity contribution < 1.29 is 18.7 Å². The van der Waals surface area contributed by atoms with Gasteiger partial charge in [-0.2, -0.15) is 0 Å². The normalized spacial score (nSPS) is 10.6. The van der Waals surface area contributed by atoms with Crippen molar-refractivity contribution in [1.29, 1.82) is 0 Å². The molecule has 1 N–H and O–H groups in total. The molecule has 0 saturated heterocycles. The number of thiophene rings is 1. The van der Waals surface area contributed by atoms with Crippen LogP contribution in [0.4, 0.5) is 0 Å². The number of aryl methyl sites for hydroxylation is 1. The fourth-order valence-electron chi connectivity index (χ4n) is 2.54. The van der Waals surface area contributed by atoms with Crippen molar-refractivity contribution in [3.63, 3.8) is 0 Å². The van der Waals surface area contributed by atoms with Gasteiger partial charge in [0.25, 0.3) is 5.91 Å². The van der Waals surface area contributed by atoms with Gasteiger partial charge < -0.3 is 19.2 Å². The number of carbonyl (C=O) groups excluding carboxylic acids is 1. The van der Waals surface area contributed by atoms with E-state index in [1.54, 1.807) is 36.6 Å². The number of nitrogens with one attached hydrogen (secondary N) is 1. The Labute approximate surface area is 155 Å². The molecular weight excluding hydrogens is 352 g/mol. The molecule has 0 unspecified atom stereocenters. The zero-order valence-corrected chi connectivity index (χ0v) is 15.7. The lowest BCUT2D eigenvalue weighted by molar-refractivity contribution is 0.0953. The highest BCUT2D eigenvalue weighted by Crippen LogP contribution is 2.28. The Morgan fingerprint density at radius 1 is 1.23 bits per heavy atom. The lowest BCUT2D eigenvalue weighted by atomic mass is 10.2. The zero-order valence-electron chi connectivity index (χ0n) is 14.9. The van der Waals surface area contributed by atoms with Crippen LogP contribution in [0.25, 0.3) is 10.8 Å². The predicted molar refractivity (Wildman–Crippen MR) is 100 cm³/mol. The molecule has 0 bridgehead atoms. The Bertz CT molecular complexity index is 887. The summed E-state index contributed by atoms with van der Waals surface area (Å²) in [6.07, 6.45) is 0.597. The molecule has 0 fully saturated rings. The third-order valence-corrected chi connectivity index (χ3v) is 4.78. The number of hydrogen-bond acceptors (Lipinski definition) is 6. The monoisotopic (exact) mass is 372 g/mol. The van der Waals surface area contributed by atoms with Gasteiger partial charge in [-0.3, -0.25) is 4.79 Å². The summed E-state index contributed by atoms with van der Waals surface area (Å²) < 4.78 is 16.1. The molecule has 7 heteroatoms. The number of aromatic nitrogens is 1. The quantitative estimate of drug-likeness (QED) is 0.684. The average molecular weight is 372 g/mol. The lowest BCUT2D eigenvalue weighted by Gasteiger charge is -2.09. The highest BCUT2D eigenvalue weighted by Gasteiger charge is 2.14. The van der Waals surface area contributed by atoms with Crippen molar-refractivity contribution >= 4 is 17.2 Å². The van der Waals surface area contributed by atoms with Crippen LogP contribution in [0.5, 0.6) is 11.5 Å². The highest BCUT2D eigenvalue weighted by molar-refractivity contribution is 7.13. The predicted octanol–water partition coefficient (Wildman–Crippen LogP) is 3.70. The van der Waals surface area contributed by atoms with Crippen LogP contribution < -0.4 is 14.8 Å². The maximum Gasteiger partial charge on any atom is 0.251 e. The van der Waals surface area contributed by atoms with Gasteiger partial charge in [0.1, 0.15) is 5.76 Å². The molecular formula is C19H20N2O4S. The van der Waals surface area contributed by atoms with Crippen LogP contribution in [-0.2, 0) is 6.42 Å². The fraction of sp³-hybridized carbons (Fsp3) is 0.263. The second-order valence-electron chi connectivity index (χ2n) is 5.57. The van der Waals surface area contributed by atoms with Gasteiger partial charge in [0.15, 0.2) is 11.5 Å². The summed E-state index contributed by atoms with van der Waals surface area (Å²) in [5.74, 6) is 2.33. The molecule has 1 aromatic carbocycles. The third kappa shape index (κ3) is 3.88. The van der Waals surface area contributed by atoms with E-state index in [4.69, 9.17) is 13.9 Å². The van der Waals surface area contributed by atoms with Gasteiger partial charge in [-0.05, 0) is 36.6 Å². The van der Waals surface area contributed by atoms with Crippen molar-refractivity contribution in [3.05, 3.63) is 52.7 Å². The molecule has 0 aliphatic heterocycles. The van der Waals surface area contributed by atoms with Crippen molar-refractivity contribution in [2.45, 2.75) is 13.3 Å². The molecule has 3 aromatic rings. The Morgan fingerprint density at radius 2 is 2.04 bits per heavy atom. The summed E-state index contributed by atoms with van der Waals surface area (Å²) in [5.41, 5.74) is 1.36. The smallest absolute Gasteiger partial charge is 0.251 e. The summed E-state index contributed by atoms with van der Waals surface area (Å²) in [6.45, 7) is 2.35. The van der Waals surface area contributed by atoms with Crippen molar-refractivity contribution in [2.75, 3.05) is 20.8 Å². The minimum Gasteiger partial charge on any atom is -0.493 e. The number of rotatable bonds is 7. The number of hydrogen-bond donors (Lipinski definition) is 1. The van der Waals surface area contributed by atoms with Crippen LogP contribution in [-0.4, -0.2) is 31.7 Å². The largest absolute Gasteiger partial charge is 0.493 e. The van der Waals surface area contributed by atoms with Crippen LogP contribution in [0.3, 0.4) is 0 Å². The molecule has 136 valence electrons. The van der Waals surface area contributed by atoms with Crippen LogP contribution in [0.15, 0.2) is 40.1 Å². The molecule has 0 radical (unpaired) electrons. The molecule has 1 amide bonds. The summed E-state index contributed by atoms with van der Waals surface area (Å²) in [7, 11) is 3.10. The maximum absolute atomic E-state index is 12.3. The van der Waals surface area contributed by atoms with Gasteiger partial charge in [-0.25, -0.2) is 4.98 Å². The molecule has 0 aliphatic carbocycles. The summed E-state index contributed by atoms with van der Waals surface area (Å²) in [5, 5.41) is 4.88. The number of carbonyl (C=O) groups is 1. The van der Waals surface area contributed by atoms with Gasteiger partial charge in [0, 0.05) is 18.5 Å². The molecule has 0 atom stereocenters. The van der Waals surface area contributed by atoms with Gasteiger partial charge in [-0.15, -0.1) is 11.3 Å². The molecule has 0 spiro atoms. The van der Waals surface area contributed by atoms with E-state index in [0.29, 0.717) is 35.9 Å². The summed E-state index contributed by atoms with van der Waals surface area (Å²) in [4.78, 5) is 17.9. The van der Waals surface area contributed by atoms with E-state index < -0.39 is 0 Å². The van der Waals surface area contributed by atoms with Gasteiger partial charge in [0.2, 0.25) is 5.89 Å². The SMILES string of the molecule is COc1ccc(C(=O)NCCc2nc(-c3cccs3)oc2C)cc1OC. The number of ether oxygens (including phenoxy) is 2. The number of oxazole rings is 1. The second kappa shape index (κ2) is 8.05. The first-order valence-corrected chi connectivity index (χ1v) is 9.00. The Kier molecular flexibility index (Phi) is 5.58. The van der Waals surface area contributed by atoms with Crippen LogP contribution in [0.2, 0.25) is 0 Å². The van der Waals surface area contributed by atoms with Gasteiger partial charge in [0.05, 0.1) is 24.8 Å². The summed E-state index contributed by atoms with van der Waals surface area (Å²) >= 11 is 1.58. The number of methoxy groups -OCH3 is 2. The van der Waals surface area contributed by atoms with E-state index in [1.807, 2.05) is 24.4 Å². The molecule has 0 saturated carbocycles. The molecule has 26 heavy (non-hydrogen) atoms. The van der Waals surface area contributed by atoms with E-state index in [-0.39, 0.29) is 5.91 Å². The topological polar surface area (TPSA) is 73.6 Å². The van der Waals surface area contributed by atoms with Gasteiger partial charge in [-0.1, -0.05) is 6.07 Å². The van der Waals surface area contributed by atoms with Gasteiger partial charge >= 0.3 is 0 Å². The van der Waals surface area contributed by atoms with Crippen molar-refractivity contribution in [3.8, 4) is 22.3 Å². The summed E-state index contributed by atoms with van der Waals surface area (Å²) in [6, 6.07) is 9.00. The molecule has 0 aliphatic rings. The Balaban J connectivity index is 1.61. The minimum atomic E-state index is -0.175. The first kappa shape index (κ1) is 18.0. The van der Waals surface area contributed by atoms with E-state index >= 15 is 0 Å². The molecule has 2 aromatic heterocycles. The molecule has 6 nitrogen and oxygen atoms in total. The lowest BCUT2D eigenvalue weighted by Crippen LogP contribution is -2.25. The first-order valence-electron chi connectivity index (χ1n) is 8.12. The van der Waals surface area contributed by atoms with E-state index in [0.717, 1.165) is 16.3 Å². The first-order chi connectivity index (χ1) is 12.6. The Morgan fingerprint density at radius 3 is 2.73 bits per heavy atom. The standard InChI is InChI=1S/C19H20N2O4S/c1-12-14(21-19(25-12)17-5-4-10-26-17)8-9-20-18(22)13-6-7-15(23-2)16(11-13)24-3/h4-7,10-11H,8-9H2,1-3H3,(H,20,22).